The number of terminal acetylenes is 1. The van der Waals surface area contributed by atoms with Gasteiger partial charge in [-0.25, -0.2) is 0 Å². The van der Waals surface area contributed by atoms with Crippen molar-refractivity contribution in [1.82, 2.24) is 15.1 Å². The number of hydrogen-bond donors (Lipinski definition) is 1. The molecule has 3 nitrogen and oxygen atoms in total. The van der Waals surface area contributed by atoms with E-state index in [2.05, 4.69) is 37.1 Å². The summed E-state index contributed by atoms with van der Waals surface area (Å²) in [6, 6.07) is 0. The predicted molar refractivity (Wildman–Crippen MR) is 57.7 cm³/mol. The van der Waals surface area contributed by atoms with Crippen molar-refractivity contribution in [2.24, 2.45) is 0 Å². The fraction of sp³-hybridized carbons (Fsp3) is 0.545. The van der Waals surface area contributed by atoms with E-state index in [1.54, 1.807) is 4.68 Å². The summed E-state index contributed by atoms with van der Waals surface area (Å²) in [5.74, 6) is 2.55. The molecule has 0 aromatic carbocycles. The van der Waals surface area contributed by atoms with Gasteiger partial charge in [-0.2, -0.15) is 5.10 Å². The zero-order chi connectivity index (χ0) is 10.6. The number of aromatic nitrogens is 2. The summed E-state index contributed by atoms with van der Waals surface area (Å²) in [7, 11) is 0. The normalized spacial score (nSPS) is 11.3. The summed E-state index contributed by atoms with van der Waals surface area (Å²) < 4.78 is 1.76. The first-order chi connectivity index (χ1) is 6.51. The van der Waals surface area contributed by atoms with E-state index in [1.807, 2.05) is 12.4 Å². The third-order valence-corrected chi connectivity index (χ3v) is 1.76. The minimum absolute atomic E-state index is 0.133. The SMILES string of the molecule is C#CCn1cc(CNC(C)(C)C)cn1. The van der Waals surface area contributed by atoms with Crippen LogP contribution in [0.3, 0.4) is 0 Å². The number of hydrogen-bond acceptors (Lipinski definition) is 2. The molecule has 1 rings (SSSR count). The molecule has 0 amide bonds. The average Bonchev–Trinajstić information content (AvgIpc) is 2.49. The molecule has 0 atom stereocenters. The van der Waals surface area contributed by atoms with E-state index in [0.29, 0.717) is 6.54 Å². The molecule has 3 heteroatoms. The lowest BCUT2D eigenvalue weighted by atomic mass is 10.1. The van der Waals surface area contributed by atoms with Gasteiger partial charge in [-0.15, -0.1) is 6.42 Å². The Kier molecular flexibility index (Phi) is 3.32. The van der Waals surface area contributed by atoms with Gasteiger partial charge in [0.05, 0.1) is 6.20 Å². The van der Waals surface area contributed by atoms with Crippen molar-refractivity contribution in [1.29, 1.82) is 0 Å². The standard InChI is InChI=1S/C11H17N3/c1-5-6-14-9-10(8-13-14)7-12-11(2,3)4/h1,8-9,12H,6-7H2,2-4H3. The van der Waals surface area contributed by atoms with Crippen LogP contribution in [-0.4, -0.2) is 15.3 Å². The number of nitrogens with one attached hydrogen (secondary N) is 1. The second kappa shape index (κ2) is 4.30. The lowest BCUT2D eigenvalue weighted by Gasteiger charge is -2.19. The second-order valence-corrected chi connectivity index (χ2v) is 4.35. The number of nitrogens with zero attached hydrogens (tertiary/aromatic N) is 2. The zero-order valence-electron chi connectivity index (χ0n) is 9.04. The van der Waals surface area contributed by atoms with E-state index in [-0.39, 0.29) is 5.54 Å². The van der Waals surface area contributed by atoms with E-state index in [1.165, 1.54) is 0 Å². The first-order valence-electron chi connectivity index (χ1n) is 4.71. The Hall–Kier alpha value is -1.27. The summed E-state index contributed by atoms with van der Waals surface area (Å²) >= 11 is 0. The van der Waals surface area contributed by atoms with Gasteiger partial charge in [0.1, 0.15) is 6.54 Å². The molecule has 1 N–H and O–H groups in total. The van der Waals surface area contributed by atoms with Crippen LogP contribution in [0.2, 0.25) is 0 Å². The summed E-state index contributed by atoms with van der Waals surface area (Å²) in [4.78, 5) is 0. The van der Waals surface area contributed by atoms with E-state index >= 15 is 0 Å². The van der Waals surface area contributed by atoms with Crippen LogP contribution in [0.4, 0.5) is 0 Å². The van der Waals surface area contributed by atoms with Crippen LogP contribution in [0.5, 0.6) is 0 Å². The van der Waals surface area contributed by atoms with Gasteiger partial charge in [-0.05, 0) is 20.8 Å². The quantitative estimate of drug-likeness (QED) is 0.732. The molecule has 1 aromatic rings. The molecule has 14 heavy (non-hydrogen) atoms. The van der Waals surface area contributed by atoms with Crippen molar-refractivity contribution in [3.8, 4) is 12.3 Å². The van der Waals surface area contributed by atoms with E-state index in [9.17, 15) is 0 Å². The fourth-order valence-electron chi connectivity index (χ4n) is 1.04. The molecule has 1 aromatic heterocycles. The highest BCUT2D eigenvalue weighted by molar-refractivity contribution is 5.05. The highest BCUT2D eigenvalue weighted by atomic mass is 15.3. The molecule has 0 spiro atoms. The minimum atomic E-state index is 0.133. The van der Waals surface area contributed by atoms with Crippen molar-refractivity contribution in [2.45, 2.75) is 39.4 Å². The van der Waals surface area contributed by atoms with Crippen LogP contribution in [-0.2, 0) is 13.1 Å². The molecular formula is C11H17N3. The summed E-state index contributed by atoms with van der Waals surface area (Å²) in [6.45, 7) is 7.78. The molecule has 0 radical (unpaired) electrons. The van der Waals surface area contributed by atoms with Crippen molar-refractivity contribution in [3.05, 3.63) is 18.0 Å². The maximum absolute atomic E-state index is 5.19. The van der Waals surface area contributed by atoms with Gasteiger partial charge < -0.3 is 5.32 Å². The molecule has 0 saturated heterocycles. The van der Waals surface area contributed by atoms with Gasteiger partial charge in [0.2, 0.25) is 0 Å². The summed E-state index contributed by atoms with van der Waals surface area (Å²) in [5.41, 5.74) is 1.30. The Morgan fingerprint density at radius 1 is 1.57 bits per heavy atom. The molecule has 0 saturated carbocycles. The van der Waals surface area contributed by atoms with Gasteiger partial charge >= 0.3 is 0 Å². The molecule has 0 aliphatic rings. The summed E-state index contributed by atoms with van der Waals surface area (Å²) in [6.07, 6.45) is 9.00. The van der Waals surface area contributed by atoms with Crippen LogP contribution < -0.4 is 5.32 Å². The molecule has 0 aliphatic heterocycles. The van der Waals surface area contributed by atoms with Crippen LogP contribution in [0, 0.1) is 12.3 Å². The number of rotatable bonds is 3. The Morgan fingerprint density at radius 2 is 2.29 bits per heavy atom. The third kappa shape index (κ3) is 3.63. The Bertz CT molecular complexity index is 325. The average molecular weight is 191 g/mol. The lowest BCUT2D eigenvalue weighted by molar-refractivity contribution is 0.424. The van der Waals surface area contributed by atoms with Gasteiger partial charge in [-0.1, -0.05) is 5.92 Å². The van der Waals surface area contributed by atoms with Crippen molar-refractivity contribution < 1.29 is 0 Å². The molecule has 1 heterocycles. The van der Waals surface area contributed by atoms with E-state index in [0.717, 1.165) is 12.1 Å². The first-order valence-corrected chi connectivity index (χ1v) is 4.71. The van der Waals surface area contributed by atoms with E-state index in [4.69, 9.17) is 6.42 Å². The predicted octanol–water partition coefficient (Wildman–Crippen LogP) is 1.40. The Labute approximate surface area is 85.5 Å². The van der Waals surface area contributed by atoms with Crippen molar-refractivity contribution in [2.75, 3.05) is 0 Å². The summed E-state index contributed by atoms with van der Waals surface area (Å²) in [5, 5.41) is 7.53. The van der Waals surface area contributed by atoms with Gasteiger partial charge in [0.25, 0.3) is 0 Å². The lowest BCUT2D eigenvalue weighted by Crippen LogP contribution is -2.34. The van der Waals surface area contributed by atoms with Crippen LogP contribution in [0.25, 0.3) is 0 Å². The second-order valence-electron chi connectivity index (χ2n) is 4.35. The molecule has 0 unspecified atom stereocenters. The molecular weight excluding hydrogens is 174 g/mol. The minimum Gasteiger partial charge on any atom is -0.308 e. The van der Waals surface area contributed by atoms with Crippen LogP contribution in [0.15, 0.2) is 12.4 Å². The van der Waals surface area contributed by atoms with Crippen LogP contribution in [0.1, 0.15) is 26.3 Å². The van der Waals surface area contributed by atoms with Gasteiger partial charge in [0.15, 0.2) is 0 Å². The van der Waals surface area contributed by atoms with Crippen molar-refractivity contribution >= 4 is 0 Å². The highest BCUT2D eigenvalue weighted by Gasteiger charge is 2.08. The fourth-order valence-corrected chi connectivity index (χ4v) is 1.04. The monoisotopic (exact) mass is 191 g/mol. The Balaban J connectivity index is 2.49. The molecule has 0 fully saturated rings. The molecule has 76 valence electrons. The van der Waals surface area contributed by atoms with Gasteiger partial charge in [-0.3, -0.25) is 4.68 Å². The highest BCUT2D eigenvalue weighted by Crippen LogP contribution is 2.03. The maximum atomic E-state index is 5.19. The van der Waals surface area contributed by atoms with Crippen LogP contribution >= 0.6 is 0 Å². The van der Waals surface area contributed by atoms with E-state index < -0.39 is 0 Å². The maximum Gasteiger partial charge on any atom is 0.101 e. The smallest absolute Gasteiger partial charge is 0.101 e. The first kappa shape index (κ1) is 10.8. The topological polar surface area (TPSA) is 29.9 Å². The zero-order valence-corrected chi connectivity index (χ0v) is 9.04. The van der Waals surface area contributed by atoms with Crippen molar-refractivity contribution in [3.63, 3.8) is 0 Å². The Morgan fingerprint density at radius 3 is 2.86 bits per heavy atom. The third-order valence-electron chi connectivity index (χ3n) is 1.76. The largest absolute Gasteiger partial charge is 0.308 e. The van der Waals surface area contributed by atoms with Gasteiger partial charge in [0, 0.05) is 23.8 Å². The molecule has 0 bridgehead atoms. The molecule has 0 aliphatic carbocycles.